The summed E-state index contributed by atoms with van der Waals surface area (Å²) in [6, 6.07) is 43.8. The van der Waals surface area contributed by atoms with Crippen LogP contribution in [-0.4, -0.2) is 170 Å². The van der Waals surface area contributed by atoms with Crippen LogP contribution in [0.3, 0.4) is 0 Å². The van der Waals surface area contributed by atoms with Crippen LogP contribution in [0.1, 0.15) is 294 Å². The fraction of sp³-hybridized carbons (Fsp3) is 0.472. The highest BCUT2D eigenvalue weighted by Crippen LogP contribution is 2.46. The summed E-state index contributed by atoms with van der Waals surface area (Å²) in [5, 5.41) is 6.15. The van der Waals surface area contributed by atoms with Gasteiger partial charge in [0, 0.05) is 59.5 Å². The van der Waals surface area contributed by atoms with E-state index in [1.54, 1.807) is 87.0 Å². The van der Waals surface area contributed by atoms with Gasteiger partial charge in [-0.15, -0.1) is 36.0 Å². The van der Waals surface area contributed by atoms with Crippen molar-refractivity contribution in [2.45, 2.75) is 290 Å². The highest BCUT2D eigenvalue weighted by Gasteiger charge is 2.44. The molecule has 8 aliphatic rings. The maximum absolute atomic E-state index is 13.1. The number of hydrogen-bond acceptors (Lipinski definition) is 16. The van der Waals surface area contributed by atoms with Gasteiger partial charge in [0.05, 0.1) is 80.1 Å². The topological polar surface area (TPSA) is 294 Å². The third-order valence-corrected chi connectivity index (χ3v) is 31.1. The Labute approximate surface area is 801 Å². The largest absolute Gasteiger partial charge is 0.497 e. The number of hydrogen-bond donors (Lipinski definition) is 4. The van der Waals surface area contributed by atoms with Crippen molar-refractivity contribution in [3.05, 3.63) is 236 Å². The molecule has 0 spiro atoms. The van der Waals surface area contributed by atoms with Crippen molar-refractivity contribution in [2.24, 2.45) is 0 Å². The van der Waals surface area contributed by atoms with E-state index in [2.05, 4.69) is 64.6 Å². The molecule has 4 fully saturated rings. The molecule has 0 bridgehead atoms. The van der Waals surface area contributed by atoms with Crippen molar-refractivity contribution in [3.63, 3.8) is 0 Å². The maximum atomic E-state index is 13.1. The van der Waals surface area contributed by atoms with Gasteiger partial charge in [-0.3, -0.25) is 38.7 Å². The number of nitrogens with zero attached hydrogens (tertiary/aromatic N) is 6. The van der Waals surface area contributed by atoms with E-state index in [0.717, 1.165) is 233 Å². The molecule has 0 saturated heterocycles. The average Bonchev–Trinajstić information content (AvgIpc) is 0.771. The first-order chi connectivity index (χ1) is 64.8. The number of aromatic nitrogens is 2. The number of unbranched alkanes of at least 4 members (excludes halogenated alkanes) is 4. The van der Waals surface area contributed by atoms with Gasteiger partial charge in [-0.2, -0.15) is 0 Å². The van der Waals surface area contributed by atoms with Gasteiger partial charge >= 0.3 is 0 Å². The molecule has 4 aliphatic heterocycles. The van der Waals surface area contributed by atoms with Crippen LogP contribution in [0.4, 0.5) is 0 Å². The number of carbonyl (C=O) groups excluding carboxylic acids is 6. The number of alkyl halides is 2. The number of ether oxygens (including phenoxy) is 4. The monoisotopic (exact) mass is 1900 g/mol. The number of rotatable bonds is 32. The molecule has 2 aromatic heterocycles. The average molecular weight is 1900 g/mol. The lowest BCUT2D eigenvalue weighted by molar-refractivity contribution is -0.134. The molecule has 6 amide bonds. The molecular weight excluding hydrogens is 1770 g/mol. The van der Waals surface area contributed by atoms with Crippen LogP contribution in [0.5, 0.6) is 23.0 Å². The number of methoxy groups -OCH3 is 4. The van der Waals surface area contributed by atoms with Crippen molar-refractivity contribution in [1.82, 2.24) is 49.6 Å². The predicted molar refractivity (Wildman–Crippen MR) is 521 cm³/mol. The van der Waals surface area contributed by atoms with E-state index in [1.807, 2.05) is 119 Å². The Balaban J connectivity index is 0.000000152. The molecule has 28 heteroatoms. The van der Waals surface area contributed by atoms with Crippen LogP contribution in [0.2, 0.25) is 0 Å². The number of terminal acetylenes is 2. The zero-order chi connectivity index (χ0) is 95.3. The second-order valence-electron chi connectivity index (χ2n) is 36.2. The van der Waals surface area contributed by atoms with Crippen LogP contribution in [0, 0.1) is 24.7 Å². The lowest BCUT2D eigenvalue weighted by Crippen LogP contribution is -2.48. The fourth-order valence-electron chi connectivity index (χ4n) is 19.3. The molecule has 4 aliphatic carbocycles. The van der Waals surface area contributed by atoms with Crippen LogP contribution in [-0.2, 0) is 64.9 Å². The lowest BCUT2D eigenvalue weighted by atomic mass is 9.83. The first-order valence-corrected chi connectivity index (χ1v) is 51.7. The Kier molecular flexibility index (Phi) is 35.4. The molecular formula is C106H128Cl2N10O14S2. The molecule has 6 aromatic carbocycles. The van der Waals surface area contributed by atoms with E-state index >= 15 is 0 Å². The van der Waals surface area contributed by atoms with Crippen molar-refractivity contribution in [2.75, 3.05) is 40.2 Å². The molecule has 8 aromatic rings. The van der Waals surface area contributed by atoms with Crippen molar-refractivity contribution in [1.29, 1.82) is 0 Å². The standard InChI is InChI=1S/C27H31N3O3.C27H32N2O4S.C26H32ClN3O3.C26H33ClN2O4S/c1-4-6-10-22-15-20-16-23(33-3)17-28-25(20)26(30(22)24(31)5-2)18-11-13-19(14-12-18)27(32)29-21-8-7-9-21;1-4-6-10-22-17-20-18-23(33-3)13-16-25(20)27(29(22)26(30)5-2)19-11-14-24(15-12-19)34(31,32)28-21-8-7-9-21;1-3-4-8-21-13-19-14-22(33-2)16-28-24(19)25(30(21)23(31)15-27)17-9-11-18(12-10-17)26(32)29-20-6-5-7-20;1-3-4-8-21-15-19-16-22(33-2)11-14-24(19)26(29(21)25(30)17-27)18-9-12-23(13-10-18)34(31,32)28-20-6-5-7-20/h2,11-14,16-17,21-22,26H,4,6-10,15H2,1,3H3,(H,29,32);2,11-16,18,21-22,27-28H,4,6-10,17H2,1,3H3;9-12,14,16,20-21,25H,3-8,13,15H2,1-2H3,(H,29,32);9-14,16,20-21,26,28H,3-8,15,17H2,1-2H3/t22-,26-;22-,27-;21-,25-;21-,26-/m0000/s1. The maximum Gasteiger partial charge on any atom is 0.299 e. The van der Waals surface area contributed by atoms with Gasteiger partial charge in [0.1, 0.15) is 40.8 Å². The van der Waals surface area contributed by atoms with Gasteiger partial charge < -0.3 is 49.2 Å². The number of nitrogens with one attached hydrogen (secondary N) is 4. The summed E-state index contributed by atoms with van der Waals surface area (Å²) in [6.45, 7) is 8.56. The summed E-state index contributed by atoms with van der Waals surface area (Å²) in [7, 11) is -0.588. The number of fused-ring (bicyclic) bond motifs is 4. The zero-order valence-electron chi connectivity index (χ0n) is 78.3. The SMILES string of the molecule is C#CC(=O)N1[C@@H](CCCC)Cc2cc(OC)ccc2[C@@H]1c1ccc(S(=O)(=O)NC2CCC2)cc1.C#CC(=O)N1[C@@H](CCCC)Cc2cc(OC)cnc2[C@@H]1c1ccc(C(=O)NC2CCC2)cc1.CCCC[C@H]1Cc2cc(OC)ccc2[C@H](c2ccc(S(=O)(=O)NC3CCC3)cc2)N1C(=O)CCl.CCCC[C@H]1Cc2cc(OC)cnc2[C@H](c2ccc(C(=O)NC3CCC3)cc2)N1C(=O)CCl. The van der Waals surface area contributed by atoms with E-state index in [0.29, 0.717) is 35.5 Å². The summed E-state index contributed by atoms with van der Waals surface area (Å²) in [6.07, 6.45) is 41.2. The minimum atomic E-state index is -3.57. The first kappa shape index (κ1) is 101. The Morgan fingerprint density at radius 2 is 0.679 bits per heavy atom. The van der Waals surface area contributed by atoms with E-state index in [9.17, 15) is 45.6 Å². The van der Waals surface area contributed by atoms with Crippen molar-refractivity contribution in [3.8, 4) is 47.7 Å². The second-order valence-corrected chi connectivity index (χ2v) is 40.2. The molecule has 4 saturated carbocycles. The number of amides is 6. The highest BCUT2D eigenvalue weighted by atomic mass is 35.5. The molecule has 134 heavy (non-hydrogen) atoms. The summed E-state index contributed by atoms with van der Waals surface area (Å²) < 4.78 is 78.3. The molecule has 712 valence electrons. The van der Waals surface area contributed by atoms with Gasteiger partial charge in [-0.25, -0.2) is 26.3 Å². The fourth-order valence-corrected chi connectivity index (χ4v) is 22.2. The second kappa shape index (κ2) is 47.1. The molecule has 6 heterocycles. The van der Waals surface area contributed by atoms with Crippen LogP contribution < -0.4 is 39.0 Å². The van der Waals surface area contributed by atoms with E-state index in [1.165, 1.54) is 12.8 Å². The number of carbonyl (C=O) groups is 6. The smallest absolute Gasteiger partial charge is 0.299 e. The Morgan fingerprint density at radius 1 is 0.388 bits per heavy atom. The number of sulfonamides is 2. The van der Waals surface area contributed by atoms with Gasteiger partial charge in [-0.05, 0) is 268 Å². The Morgan fingerprint density at radius 3 is 0.993 bits per heavy atom. The summed E-state index contributed by atoms with van der Waals surface area (Å²) in [5.74, 6) is 6.43. The van der Waals surface area contributed by atoms with Gasteiger partial charge in [-0.1, -0.05) is 153 Å². The third kappa shape index (κ3) is 23.8. The van der Waals surface area contributed by atoms with Crippen LogP contribution >= 0.6 is 23.2 Å². The van der Waals surface area contributed by atoms with Gasteiger partial charge in [0.2, 0.25) is 31.9 Å². The number of pyridine rings is 2. The van der Waals surface area contributed by atoms with E-state index < -0.39 is 32.1 Å². The Bertz CT molecular complexity index is 5740. The summed E-state index contributed by atoms with van der Waals surface area (Å²) >= 11 is 12.1. The molecule has 16 rings (SSSR count). The molecule has 24 nitrogen and oxygen atoms in total. The van der Waals surface area contributed by atoms with Crippen molar-refractivity contribution >= 4 is 78.7 Å². The normalized spacial score (nSPS) is 20.1. The molecule has 0 radical (unpaired) electrons. The quantitative estimate of drug-likeness (QED) is 0.0225. The zero-order valence-corrected chi connectivity index (χ0v) is 81.4. The van der Waals surface area contributed by atoms with Crippen molar-refractivity contribution < 1.29 is 64.6 Å². The molecule has 8 atom stereocenters. The molecule has 0 unspecified atom stereocenters. The highest BCUT2D eigenvalue weighted by molar-refractivity contribution is 7.89. The minimum Gasteiger partial charge on any atom is -0.497 e. The summed E-state index contributed by atoms with van der Waals surface area (Å²) in [4.78, 5) is 94.6. The predicted octanol–water partition coefficient (Wildman–Crippen LogP) is 17.7. The number of benzene rings is 6. The Hall–Kier alpha value is -10.8. The molecule has 4 N–H and O–H groups in total. The van der Waals surface area contributed by atoms with Crippen LogP contribution in [0.25, 0.3) is 0 Å². The minimum absolute atomic E-state index is 0.0134. The number of halogens is 2. The van der Waals surface area contributed by atoms with Gasteiger partial charge in [0.25, 0.3) is 23.6 Å². The van der Waals surface area contributed by atoms with Crippen LogP contribution in [0.15, 0.2) is 168 Å². The summed E-state index contributed by atoms with van der Waals surface area (Å²) in [5.41, 5.74) is 12.8. The lowest BCUT2D eigenvalue weighted by Gasteiger charge is -2.44. The third-order valence-electron chi connectivity index (χ3n) is 27.5. The van der Waals surface area contributed by atoms with Gasteiger partial charge in [0.15, 0.2) is 0 Å². The van der Waals surface area contributed by atoms with E-state index in [-0.39, 0.29) is 117 Å². The van der Waals surface area contributed by atoms with E-state index in [4.69, 9.17) is 60.0 Å². The first-order valence-electron chi connectivity index (χ1n) is 47.6.